The highest BCUT2D eigenvalue weighted by atomic mass is 79.9. The van der Waals surface area contributed by atoms with Crippen molar-refractivity contribution in [2.45, 2.75) is 15.5 Å². The number of carbonyl (C=O) groups excluding carboxylic acids is 2. The van der Waals surface area contributed by atoms with E-state index in [0.29, 0.717) is 25.1 Å². The lowest BCUT2D eigenvalue weighted by atomic mass is 10.1. The second kappa shape index (κ2) is 10.8. The van der Waals surface area contributed by atoms with Crippen LogP contribution in [0.15, 0.2) is 78.2 Å². The van der Waals surface area contributed by atoms with Gasteiger partial charge in [-0.3, -0.25) is 14.9 Å². The van der Waals surface area contributed by atoms with Gasteiger partial charge in [-0.15, -0.1) is 0 Å². The number of thioether (sulfide) groups is 1. The highest BCUT2D eigenvalue weighted by Gasteiger charge is 2.26. The molecule has 190 valence electrons. The van der Waals surface area contributed by atoms with Gasteiger partial charge in [0.25, 0.3) is 11.6 Å². The summed E-state index contributed by atoms with van der Waals surface area (Å²) in [5.41, 5.74) is 0.702. The molecule has 0 saturated heterocycles. The van der Waals surface area contributed by atoms with Crippen LogP contribution in [-0.4, -0.2) is 32.3 Å². The van der Waals surface area contributed by atoms with Crippen molar-refractivity contribution in [3.8, 4) is 0 Å². The van der Waals surface area contributed by atoms with E-state index in [9.17, 15) is 28.1 Å². The summed E-state index contributed by atoms with van der Waals surface area (Å²) >= 11 is 7.76. The van der Waals surface area contributed by atoms with Crippen molar-refractivity contribution in [3.63, 3.8) is 0 Å². The summed E-state index contributed by atoms with van der Waals surface area (Å²) in [5, 5.41) is 14.3. The second-order valence-electron chi connectivity index (χ2n) is 7.70. The van der Waals surface area contributed by atoms with Gasteiger partial charge in [-0.05, 0) is 54.1 Å². The van der Waals surface area contributed by atoms with Gasteiger partial charge in [-0.1, -0.05) is 49.7 Å². The lowest BCUT2D eigenvalue weighted by molar-refractivity contribution is -0.385. The van der Waals surface area contributed by atoms with Crippen LogP contribution in [0, 0.1) is 10.1 Å². The van der Waals surface area contributed by atoms with Crippen LogP contribution in [0.1, 0.15) is 21.5 Å². The molecule has 0 spiro atoms. The van der Waals surface area contributed by atoms with Crippen LogP contribution >= 0.6 is 43.6 Å². The number of benzene rings is 3. The molecule has 9 nitrogen and oxygen atoms in total. The van der Waals surface area contributed by atoms with Crippen LogP contribution in [-0.2, 0) is 25.1 Å². The molecule has 1 heterocycles. The molecule has 3 aromatic carbocycles. The molecule has 37 heavy (non-hydrogen) atoms. The van der Waals surface area contributed by atoms with Gasteiger partial charge in [-0.2, -0.15) is 0 Å². The fraction of sp³-hybridized carbons (Fsp3) is 0.0833. The number of halogens is 2. The number of hydrogen-bond acceptors (Lipinski definition) is 8. The molecule has 0 fully saturated rings. The Morgan fingerprint density at radius 3 is 2.49 bits per heavy atom. The monoisotopic (exact) mass is 666 g/mol. The van der Waals surface area contributed by atoms with Crippen molar-refractivity contribution in [2.75, 3.05) is 12.4 Å². The maximum absolute atomic E-state index is 13.2. The number of anilines is 1. The molecule has 4 rings (SSSR count). The Hall–Kier alpha value is -3.00. The zero-order valence-electron chi connectivity index (χ0n) is 18.9. The first-order chi connectivity index (χ1) is 17.5. The van der Waals surface area contributed by atoms with Gasteiger partial charge in [-0.25, -0.2) is 13.2 Å². The molecular weight excluding hydrogens is 652 g/mol. The minimum absolute atomic E-state index is 0.00557. The number of hydrogen-bond donors (Lipinski definition) is 1. The Morgan fingerprint density at radius 1 is 1.14 bits per heavy atom. The van der Waals surface area contributed by atoms with Crippen LogP contribution in [0.5, 0.6) is 0 Å². The summed E-state index contributed by atoms with van der Waals surface area (Å²) in [7, 11) is -2.59. The van der Waals surface area contributed by atoms with Gasteiger partial charge in [0.1, 0.15) is 0 Å². The molecule has 1 aliphatic heterocycles. The number of methoxy groups -OCH3 is 1. The van der Waals surface area contributed by atoms with Crippen molar-refractivity contribution in [2.24, 2.45) is 0 Å². The van der Waals surface area contributed by atoms with E-state index in [2.05, 4.69) is 41.9 Å². The average Bonchev–Trinajstić information content (AvgIpc) is 2.86. The highest BCUT2D eigenvalue weighted by molar-refractivity contribution is 9.11. The number of rotatable bonds is 6. The molecular formula is C24H16Br2N2O7S2. The molecule has 1 amide bonds. The number of carbonyl (C=O) groups is 2. The van der Waals surface area contributed by atoms with E-state index in [1.165, 1.54) is 36.4 Å². The fourth-order valence-electron chi connectivity index (χ4n) is 3.48. The Labute approximate surface area is 232 Å². The van der Waals surface area contributed by atoms with E-state index in [4.69, 9.17) is 0 Å². The average molecular weight is 668 g/mol. The van der Waals surface area contributed by atoms with Gasteiger partial charge >= 0.3 is 5.97 Å². The normalized spacial score (nSPS) is 14.1. The number of ether oxygens (including phenoxy) is 1. The second-order valence-corrected chi connectivity index (χ2v) is 12.5. The number of nitro benzene ring substituents is 1. The Balaban J connectivity index is 1.69. The first-order valence-corrected chi connectivity index (χ1v) is 14.4. The van der Waals surface area contributed by atoms with Crippen LogP contribution in [0.3, 0.4) is 0 Å². The summed E-state index contributed by atoms with van der Waals surface area (Å²) in [5.74, 6) is -1.49. The Morgan fingerprint density at radius 2 is 1.84 bits per heavy atom. The van der Waals surface area contributed by atoms with Crippen LogP contribution < -0.4 is 5.32 Å². The molecule has 0 aromatic heterocycles. The molecule has 0 bridgehead atoms. The number of sulfone groups is 1. The van der Waals surface area contributed by atoms with Crippen molar-refractivity contribution in [1.29, 1.82) is 0 Å². The standard InChI is InChI=1S/C24H16Br2N2O7S2/c1-35-24(30)14-6-5-13(20(9-14)28(31)32)10-22-23(29)27-19-8-7-15(11-21(19)36-22)37(33,34)12-16-17(25)3-2-4-18(16)26/h2-11H,12H2,1H3,(H,27,29)/b22-10+. The van der Waals surface area contributed by atoms with E-state index < -0.39 is 26.6 Å². The van der Waals surface area contributed by atoms with Gasteiger partial charge in [0.15, 0.2) is 9.84 Å². The zero-order valence-corrected chi connectivity index (χ0v) is 23.7. The van der Waals surface area contributed by atoms with Crippen molar-refractivity contribution >= 4 is 82.8 Å². The summed E-state index contributed by atoms with van der Waals surface area (Å²) in [6, 6.07) is 13.4. The molecule has 0 aliphatic carbocycles. The number of nitro groups is 1. The summed E-state index contributed by atoms with van der Waals surface area (Å²) in [6.45, 7) is 0. The van der Waals surface area contributed by atoms with E-state index in [1.807, 2.05) is 0 Å². The summed E-state index contributed by atoms with van der Waals surface area (Å²) in [6.07, 6.45) is 1.32. The number of esters is 1. The SMILES string of the molecule is COC(=O)c1ccc(/C=C2/Sc3cc(S(=O)(=O)Cc4c(Br)cccc4Br)ccc3NC2=O)c([N+](=O)[O-])c1. The maximum Gasteiger partial charge on any atom is 0.338 e. The molecule has 1 aliphatic rings. The summed E-state index contributed by atoms with van der Waals surface area (Å²) < 4.78 is 32.3. The first-order valence-electron chi connectivity index (χ1n) is 10.4. The number of nitrogens with zero attached hydrogens (tertiary/aromatic N) is 1. The molecule has 0 atom stereocenters. The summed E-state index contributed by atoms with van der Waals surface area (Å²) in [4.78, 5) is 36.0. The third kappa shape index (κ3) is 5.79. The van der Waals surface area contributed by atoms with E-state index >= 15 is 0 Å². The van der Waals surface area contributed by atoms with Gasteiger partial charge in [0.2, 0.25) is 0 Å². The fourth-order valence-corrected chi connectivity index (χ4v) is 7.62. The third-order valence-electron chi connectivity index (χ3n) is 5.33. The third-order valence-corrected chi connectivity index (χ3v) is 9.54. The lowest BCUT2D eigenvalue weighted by Gasteiger charge is -2.19. The number of amides is 1. The van der Waals surface area contributed by atoms with E-state index in [0.717, 1.165) is 24.9 Å². The van der Waals surface area contributed by atoms with E-state index in [1.54, 1.807) is 18.2 Å². The topological polar surface area (TPSA) is 133 Å². The highest BCUT2D eigenvalue weighted by Crippen LogP contribution is 2.41. The van der Waals surface area contributed by atoms with Gasteiger partial charge in [0.05, 0.1) is 44.4 Å². The minimum Gasteiger partial charge on any atom is -0.465 e. The molecule has 0 radical (unpaired) electrons. The molecule has 13 heteroatoms. The molecule has 3 aromatic rings. The first kappa shape index (κ1) is 27.0. The maximum atomic E-state index is 13.2. The molecule has 1 N–H and O–H groups in total. The van der Waals surface area contributed by atoms with Crippen LogP contribution in [0.25, 0.3) is 6.08 Å². The van der Waals surface area contributed by atoms with E-state index in [-0.39, 0.29) is 32.4 Å². The number of nitrogens with one attached hydrogen (secondary N) is 1. The predicted octanol–water partition coefficient (Wildman–Crippen LogP) is 5.97. The largest absolute Gasteiger partial charge is 0.465 e. The van der Waals surface area contributed by atoms with Gasteiger partial charge < -0.3 is 10.1 Å². The molecule has 0 unspecified atom stereocenters. The van der Waals surface area contributed by atoms with Crippen molar-refractivity contribution < 1.29 is 27.7 Å². The van der Waals surface area contributed by atoms with Crippen molar-refractivity contribution in [1.82, 2.24) is 0 Å². The van der Waals surface area contributed by atoms with Crippen LogP contribution in [0.2, 0.25) is 0 Å². The predicted molar refractivity (Wildman–Crippen MR) is 146 cm³/mol. The molecule has 0 saturated carbocycles. The van der Waals surface area contributed by atoms with Crippen LogP contribution in [0.4, 0.5) is 11.4 Å². The number of fused-ring (bicyclic) bond motifs is 1. The lowest BCUT2D eigenvalue weighted by Crippen LogP contribution is -2.18. The zero-order chi connectivity index (χ0) is 26.9. The van der Waals surface area contributed by atoms with Gasteiger partial charge in [0, 0.05) is 19.9 Å². The Bertz CT molecular complexity index is 1580. The minimum atomic E-state index is -3.75. The van der Waals surface area contributed by atoms with Crippen molar-refractivity contribution in [3.05, 3.63) is 95.3 Å². The Kier molecular flexibility index (Phi) is 7.88. The smallest absolute Gasteiger partial charge is 0.338 e. The quantitative estimate of drug-likeness (QED) is 0.147.